The van der Waals surface area contributed by atoms with Gasteiger partial charge < -0.3 is 44.6 Å². The Bertz CT molecular complexity index is 2170. The van der Waals surface area contributed by atoms with E-state index < -0.39 is 24.3 Å². The van der Waals surface area contributed by atoms with Gasteiger partial charge in [-0.25, -0.2) is 19.6 Å². The van der Waals surface area contributed by atoms with E-state index in [0.717, 1.165) is 59.4 Å². The summed E-state index contributed by atoms with van der Waals surface area (Å²) < 4.78 is 16.0. The smallest absolute Gasteiger partial charge is 0.407 e. The molecule has 4 atom stereocenters. The number of likely N-dealkylation sites (tertiary alicyclic amines) is 2. The van der Waals surface area contributed by atoms with Gasteiger partial charge in [-0.1, -0.05) is 39.3 Å². The third-order valence-electron chi connectivity index (χ3n) is 11.1. The number of hydrogen-bond donors (Lipinski definition) is 4. The summed E-state index contributed by atoms with van der Waals surface area (Å²) >= 11 is 6.92. The van der Waals surface area contributed by atoms with Crippen molar-refractivity contribution in [3.63, 3.8) is 0 Å². The van der Waals surface area contributed by atoms with Crippen LogP contribution in [-0.4, -0.2) is 93.1 Å². The van der Waals surface area contributed by atoms with Crippen LogP contribution in [0.5, 0.6) is 11.5 Å². The molecule has 3 aliphatic rings. The molecule has 4 amide bonds. The molecule has 0 saturated carbocycles. The minimum atomic E-state index is -0.724. The number of alkyl carbamates (subject to hydrolysis) is 2. The van der Waals surface area contributed by atoms with Crippen molar-refractivity contribution in [1.29, 1.82) is 0 Å². The zero-order valence-electron chi connectivity index (χ0n) is 33.0. The van der Waals surface area contributed by atoms with E-state index in [4.69, 9.17) is 30.8 Å². The number of nitrogens with one attached hydrogen (secondary N) is 4. The van der Waals surface area contributed by atoms with Gasteiger partial charge in [0.25, 0.3) is 0 Å². The van der Waals surface area contributed by atoms with E-state index in [0.29, 0.717) is 47.6 Å². The van der Waals surface area contributed by atoms with Crippen molar-refractivity contribution < 1.29 is 33.4 Å². The lowest BCUT2D eigenvalue weighted by atomic mass is 9.96. The van der Waals surface area contributed by atoms with Crippen molar-refractivity contribution in [2.75, 3.05) is 27.3 Å². The zero-order chi connectivity index (χ0) is 40.5. The van der Waals surface area contributed by atoms with Gasteiger partial charge in [-0.3, -0.25) is 9.59 Å². The normalized spacial score (nSPS) is 18.5. The van der Waals surface area contributed by atoms with Gasteiger partial charge in [0.2, 0.25) is 11.8 Å². The number of aromatic nitrogens is 4. The predicted octanol–water partition coefficient (Wildman–Crippen LogP) is 6.90. The molecule has 2 saturated heterocycles. The molecule has 0 unspecified atom stereocenters. The van der Waals surface area contributed by atoms with Crippen LogP contribution < -0.4 is 15.4 Å². The quantitative estimate of drug-likeness (QED) is 0.117. The summed E-state index contributed by atoms with van der Waals surface area (Å²) in [6.45, 7) is 8.68. The molecule has 0 aliphatic carbocycles. The van der Waals surface area contributed by atoms with Gasteiger partial charge >= 0.3 is 12.2 Å². The average Bonchev–Trinajstić information content (AvgIpc) is 4.03. The van der Waals surface area contributed by atoms with Gasteiger partial charge in [0.15, 0.2) is 0 Å². The molecule has 16 heteroatoms. The lowest BCUT2D eigenvalue weighted by molar-refractivity contribution is -0.136. The number of nitrogens with zero attached hydrogens (tertiary/aromatic N) is 4. The lowest BCUT2D eigenvalue weighted by Gasteiger charge is -2.30. The molecule has 5 heterocycles. The number of methoxy groups -OCH3 is 2. The maximum Gasteiger partial charge on any atom is 0.407 e. The second-order valence-corrected chi connectivity index (χ2v) is 15.9. The number of aromatic amines is 2. The number of H-pyrrole nitrogens is 2. The fraction of sp³-hybridized carbons (Fsp3) is 0.463. The van der Waals surface area contributed by atoms with Crippen LogP contribution in [0.3, 0.4) is 0 Å². The van der Waals surface area contributed by atoms with Crippen molar-refractivity contribution in [3.05, 3.63) is 70.5 Å². The summed E-state index contributed by atoms with van der Waals surface area (Å²) in [5.74, 6) is 2.17. The minimum absolute atomic E-state index is 0.123. The zero-order valence-corrected chi connectivity index (χ0v) is 33.7. The molecule has 0 radical (unpaired) electrons. The number of halogens is 1. The van der Waals surface area contributed by atoms with E-state index in [1.54, 1.807) is 22.2 Å². The van der Waals surface area contributed by atoms with Crippen LogP contribution >= 0.6 is 11.6 Å². The summed E-state index contributed by atoms with van der Waals surface area (Å²) in [6.07, 6.45) is 5.94. The first kappa shape index (κ1) is 39.7. The van der Waals surface area contributed by atoms with Crippen LogP contribution in [0.2, 0.25) is 5.02 Å². The van der Waals surface area contributed by atoms with E-state index in [1.165, 1.54) is 14.2 Å². The van der Waals surface area contributed by atoms with Crippen LogP contribution in [-0.2, 0) is 25.5 Å². The van der Waals surface area contributed by atoms with Gasteiger partial charge in [0.05, 0.1) is 55.1 Å². The van der Waals surface area contributed by atoms with Crippen molar-refractivity contribution in [3.8, 4) is 34.0 Å². The third kappa shape index (κ3) is 8.02. The molecule has 3 aliphatic heterocycles. The minimum Gasteiger partial charge on any atom is -0.457 e. The Kier molecular flexibility index (Phi) is 11.5. The molecule has 2 fully saturated rings. The summed E-state index contributed by atoms with van der Waals surface area (Å²) in [7, 11) is 2.56. The second kappa shape index (κ2) is 16.5. The van der Waals surface area contributed by atoms with Crippen LogP contribution in [0, 0.1) is 11.8 Å². The number of fused-ring (bicyclic) bond motifs is 2. The summed E-state index contributed by atoms with van der Waals surface area (Å²) in [5.41, 5.74) is 5.09. The first-order chi connectivity index (χ1) is 27.4. The first-order valence-corrected chi connectivity index (χ1v) is 19.8. The molecule has 0 bridgehead atoms. The summed E-state index contributed by atoms with van der Waals surface area (Å²) in [6, 6.07) is 7.87. The molecule has 4 aromatic rings. The van der Waals surface area contributed by atoms with E-state index in [1.807, 2.05) is 52.0 Å². The number of carbonyl (C=O) groups is 4. The number of amides is 4. The number of hydrogen-bond acceptors (Lipinski definition) is 9. The highest BCUT2D eigenvalue weighted by Gasteiger charge is 2.39. The Labute approximate surface area is 336 Å². The molecular formula is C41H49ClN8O7. The van der Waals surface area contributed by atoms with E-state index in [-0.39, 0.29) is 35.7 Å². The average molecular weight is 801 g/mol. The highest BCUT2D eigenvalue weighted by molar-refractivity contribution is 6.33. The summed E-state index contributed by atoms with van der Waals surface area (Å²) in [5, 5.41) is 5.91. The predicted molar refractivity (Wildman–Crippen MR) is 212 cm³/mol. The van der Waals surface area contributed by atoms with Gasteiger partial charge in [-0.15, -0.1) is 0 Å². The molecule has 2 aromatic carbocycles. The maximum atomic E-state index is 13.6. The van der Waals surface area contributed by atoms with Crippen molar-refractivity contribution >= 4 is 35.6 Å². The molecule has 15 nitrogen and oxygen atoms in total. The maximum absolute atomic E-state index is 13.6. The lowest BCUT2D eigenvalue weighted by Crippen LogP contribution is -2.51. The third-order valence-corrected chi connectivity index (χ3v) is 11.4. The Balaban J connectivity index is 1.06. The van der Waals surface area contributed by atoms with Gasteiger partial charge in [0.1, 0.15) is 35.2 Å². The molecule has 2 aromatic heterocycles. The van der Waals surface area contributed by atoms with Crippen molar-refractivity contribution in [1.82, 2.24) is 40.4 Å². The molecule has 4 N–H and O–H groups in total. The number of carbonyl (C=O) groups excluding carboxylic acids is 4. The Morgan fingerprint density at radius 3 is 1.84 bits per heavy atom. The molecular weight excluding hydrogens is 752 g/mol. The van der Waals surface area contributed by atoms with Crippen LogP contribution in [0.1, 0.15) is 88.2 Å². The number of ether oxygens (including phenoxy) is 3. The SMILES string of the molecule is COC(=O)N[C@H](C(=O)N1CCC[C@H]1c1ncc(-c2ccc3c(c2)Cc2cc(Cl)c(-c4cnc([C@@H]5CCCN5C(=O)[C@@H](NC(=O)OC)C(C)C)[nH]4)cc2O3)[nH]1)C(C)C. The largest absolute Gasteiger partial charge is 0.457 e. The van der Waals surface area contributed by atoms with Crippen LogP contribution in [0.4, 0.5) is 9.59 Å². The Hall–Kier alpha value is -5.57. The first-order valence-electron chi connectivity index (χ1n) is 19.4. The fourth-order valence-corrected chi connectivity index (χ4v) is 8.31. The van der Waals surface area contributed by atoms with Gasteiger partial charge in [0, 0.05) is 36.2 Å². The van der Waals surface area contributed by atoms with Gasteiger partial charge in [-0.2, -0.15) is 0 Å². The molecule has 57 heavy (non-hydrogen) atoms. The van der Waals surface area contributed by atoms with Crippen LogP contribution in [0.15, 0.2) is 42.7 Å². The van der Waals surface area contributed by atoms with Gasteiger partial charge in [-0.05, 0) is 73.4 Å². The standard InChI is InChI=1S/C41H49ClN8O7/c1-21(2)34(47-40(53)55-5)38(51)49-13-7-9-30(49)36-43-19-28(45-36)23-11-12-32-24(15-23)16-25-17-27(42)26(18-33(25)57-32)29-20-44-37(46-29)31-10-8-14-50(31)39(52)35(22(3)4)48-41(54)56-6/h11-12,15,17-22,30-31,34-35H,7-10,13-14,16H2,1-6H3,(H,43,45)(H,44,46)(H,47,53)(H,48,54)/t30-,31-,34-,35-/m0/s1. The summed E-state index contributed by atoms with van der Waals surface area (Å²) in [4.78, 5) is 71.0. The number of imidazole rings is 2. The van der Waals surface area contributed by atoms with E-state index in [2.05, 4.69) is 31.7 Å². The number of benzene rings is 2. The van der Waals surface area contributed by atoms with Crippen molar-refractivity contribution in [2.24, 2.45) is 11.8 Å². The van der Waals surface area contributed by atoms with Crippen molar-refractivity contribution in [2.45, 2.75) is 84.0 Å². The second-order valence-electron chi connectivity index (χ2n) is 15.5. The fourth-order valence-electron chi connectivity index (χ4n) is 8.02. The highest BCUT2D eigenvalue weighted by Crippen LogP contribution is 2.43. The monoisotopic (exact) mass is 800 g/mol. The molecule has 302 valence electrons. The number of rotatable bonds is 10. The highest BCUT2D eigenvalue weighted by atomic mass is 35.5. The van der Waals surface area contributed by atoms with E-state index in [9.17, 15) is 19.2 Å². The van der Waals surface area contributed by atoms with E-state index >= 15 is 0 Å². The molecule has 7 rings (SSSR count). The topological polar surface area (TPSA) is 184 Å². The van der Waals surface area contributed by atoms with Crippen LogP contribution in [0.25, 0.3) is 22.5 Å². The molecule has 0 spiro atoms. The Morgan fingerprint density at radius 1 is 0.772 bits per heavy atom. The Morgan fingerprint density at radius 2 is 1.30 bits per heavy atom.